The molecule has 0 aromatic heterocycles. The second-order valence-electron chi connectivity index (χ2n) is 5.37. The molecule has 0 aliphatic rings. The lowest BCUT2D eigenvalue weighted by Gasteiger charge is -2.15. The van der Waals surface area contributed by atoms with Gasteiger partial charge in [0.25, 0.3) is 0 Å². The molecular weight excluding hydrogens is 345 g/mol. The largest absolute Gasteiger partial charge is 0.497 e. The van der Waals surface area contributed by atoms with Crippen LogP contribution in [0.15, 0.2) is 54.2 Å². The fraction of sp³-hybridized carbons (Fsp3) is 0.222. The summed E-state index contributed by atoms with van der Waals surface area (Å²) in [5.41, 5.74) is 14.4. The first-order valence-electron chi connectivity index (χ1n) is 7.53. The van der Waals surface area contributed by atoms with Crippen LogP contribution in [-0.4, -0.2) is 19.7 Å². The first-order valence-corrected chi connectivity index (χ1v) is 8.28. The molecule has 0 heterocycles. The Kier molecular flexibility index (Phi) is 6.94. The average Bonchev–Trinajstić information content (AvgIpc) is 2.57. The summed E-state index contributed by atoms with van der Waals surface area (Å²) in [6, 6.07) is 12.9. The Balaban J connectivity index is 2.22. The van der Waals surface area contributed by atoms with Crippen molar-refractivity contribution in [3.8, 4) is 5.75 Å². The van der Waals surface area contributed by atoms with Crippen LogP contribution < -0.4 is 21.5 Å². The zero-order valence-electron chi connectivity index (χ0n) is 13.4. The number of nitrogens with two attached hydrogens (primary N) is 2. The number of ether oxygens (including phenoxy) is 1. The lowest BCUT2D eigenvalue weighted by molar-refractivity contribution is 0.414. The zero-order chi connectivity index (χ0) is 17.5. The summed E-state index contributed by atoms with van der Waals surface area (Å²) in [6.45, 7) is 0.363. The maximum atomic E-state index is 6.24. The zero-order valence-corrected chi connectivity index (χ0v) is 14.9. The van der Waals surface area contributed by atoms with Crippen molar-refractivity contribution in [2.75, 3.05) is 19.0 Å². The third-order valence-corrected chi connectivity index (χ3v) is 4.02. The fourth-order valence-corrected chi connectivity index (χ4v) is 2.65. The minimum absolute atomic E-state index is 0.239. The predicted octanol–water partition coefficient (Wildman–Crippen LogP) is 3.83. The van der Waals surface area contributed by atoms with Crippen molar-refractivity contribution in [3.63, 3.8) is 0 Å². The number of hydrogen-bond acceptors (Lipinski definition) is 4. The van der Waals surface area contributed by atoms with Crippen LogP contribution in [0.25, 0.3) is 0 Å². The molecule has 2 aromatic carbocycles. The molecule has 0 aliphatic heterocycles. The first-order chi connectivity index (χ1) is 11.5. The Morgan fingerprint density at radius 2 is 1.92 bits per heavy atom. The molecule has 1 unspecified atom stereocenters. The van der Waals surface area contributed by atoms with Crippen molar-refractivity contribution in [2.45, 2.75) is 12.5 Å². The number of rotatable bonds is 7. The molecule has 0 saturated carbocycles. The molecule has 0 spiro atoms. The molecule has 0 aliphatic carbocycles. The highest BCUT2D eigenvalue weighted by molar-refractivity contribution is 6.36. The van der Waals surface area contributed by atoms with Crippen LogP contribution in [0.4, 0.5) is 5.69 Å². The van der Waals surface area contributed by atoms with E-state index in [2.05, 4.69) is 5.32 Å². The summed E-state index contributed by atoms with van der Waals surface area (Å²) in [7, 11) is 1.64. The van der Waals surface area contributed by atoms with Crippen molar-refractivity contribution in [1.29, 1.82) is 0 Å². The van der Waals surface area contributed by atoms with Gasteiger partial charge in [-0.3, -0.25) is 0 Å². The molecule has 0 radical (unpaired) electrons. The van der Waals surface area contributed by atoms with Crippen LogP contribution in [-0.2, 0) is 6.42 Å². The molecule has 6 heteroatoms. The van der Waals surface area contributed by atoms with Crippen LogP contribution in [0.3, 0.4) is 0 Å². The Hall–Kier alpha value is -1.72. The van der Waals surface area contributed by atoms with Gasteiger partial charge in [-0.15, -0.1) is 0 Å². The van der Waals surface area contributed by atoms with E-state index in [4.69, 9.17) is 39.4 Å². The third-order valence-electron chi connectivity index (χ3n) is 3.47. The van der Waals surface area contributed by atoms with Gasteiger partial charge in [0.15, 0.2) is 0 Å². The predicted molar refractivity (Wildman–Crippen MR) is 102 cm³/mol. The van der Waals surface area contributed by atoms with E-state index in [-0.39, 0.29) is 6.04 Å². The summed E-state index contributed by atoms with van der Waals surface area (Å²) < 4.78 is 5.18. The molecular formula is C18H21Cl2N3O. The molecule has 2 aromatic rings. The highest BCUT2D eigenvalue weighted by Gasteiger charge is 2.07. The lowest BCUT2D eigenvalue weighted by atomic mass is 10.1. The average molecular weight is 366 g/mol. The summed E-state index contributed by atoms with van der Waals surface area (Å²) in [5.74, 6) is 0.816. The molecule has 4 nitrogen and oxygen atoms in total. The number of anilines is 1. The SMILES string of the molecule is COc1ccc(C/C(=C/C(N)CN)Nc2ccc(Cl)cc2Cl)cc1. The maximum absolute atomic E-state index is 6.24. The van der Waals surface area contributed by atoms with Gasteiger partial charge in [-0.2, -0.15) is 0 Å². The molecule has 128 valence electrons. The van der Waals surface area contributed by atoms with E-state index in [0.29, 0.717) is 23.0 Å². The van der Waals surface area contributed by atoms with Crippen molar-refractivity contribution in [3.05, 3.63) is 69.8 Å². The number of nitrogens with one attached hydrogen (secondary N) is 1. The normalized spacial score (nSPS) is 12.8. The Morgan fingerprint density at radius 3 is 2.50 bits per heavy atom. The molecule has 2 rings (SSSR count). The summed E-state index contributed by atoms with van der Waals surface area (Å²) in [4.78, 5) is 0. The van der Waals surface area contributed by atoms with Gasteiger partial charge in [0.05, 0.1) is 17.8 Å². The van der Waals surface area contributed by atoms with Gasteiger partial charge in [0.2, 0.25) is 0 Å². The first kappa shape index (κ1) is 18.6. The van der Waals surface area contributed by atoms with Crippen LogP contribution in [0, 0.1) is 0 Å². The monoisotopic (exact) mass is 365 g/mol. The second kappa shape index (κ2) is 8.94. The molecule has 24 heavy (non-hydrogen) atoms. The summed E-state index contributed by atoms with van der Waals surface area (Å²) >= 11 is 12.2. The van der Waals surface area contributed by atoms with E-state index < -0.39 is 0 Å². The fourth-order valence-electron chi connectivity index (χ4n) is 2.20. The Bertz CT molecular complexity index is 702. The van der Waals surface area contributed by atoms with Gasteiger partial charge in [-0.1, -0.05) is 35.3 Å². The number of allylic oxidation sites excluding steroid dienone is 1. The van der Waals surface area contributed by atoms with Crippen molar-refractivity contribution in [1.82, 2.24) is 0 Å². The van der Waals surface area contributed by atoms with Crippen LogP contribution >= 0.6 is 23.2 Å². The summed E-state index contributed by atoms with van der Waals surface area (Å²) in [5, 5.41) is 4.45. The number of hydrogen-bond donors (Lipinski definition) is 3. The second-order valence-corrected chi connectivity index (χ2v) is 6.21. The van der Waals surface area contributed by atoms with E-state index >= 15 is 0 Å². The molecule has 0 amide bonds. The highest BCUT2D eigenvalue weighted by atomic mass is 35.5. The van der Waals surface area contributed by atoms with Crippen molar-refractivity contribution < 1.29 is 4.74 Å². The standard InChI is InChI=1S/C18H21Cl2N3O/c1-24-16-5-2-12(3-6-16)8-15(10-14(22)11-21)23-18-7-4-13(19)9-17(18)20/h2-7,9-10,14,23H,8,11,21-22H2,1H3/b15-10-. The molecule has 0 bridgehead atoms. The molecule has 5 N–H and O–H groups in total. The smallest absolute Gasteiger partial charge is 0.118 e. The number of benzene rings is 2. The van der Waals surface area contributed by atoms with E-state index in [0.717, 1.165) is 22.7 Å². The van der Waals surface area contributed by atoms with Gasteiger partial charge >= 0.3 is 0 Å². The Morgan fingerprint density at radius 1 is 1.21 bits per heavy atom. The minimum atomic E-state index is -0.239. The number of halogens is 2. The molecule has 0 fully saturated rings. The van der Waals surface area contributed by atoms with Crippen molar-refractivity contribution in [2.24, 2.45) is 11.5 Å². The van der Waals surface area contributed by atoms with E-state index in [1.54, 1.807) is 19.2 Å². The van der Waals surface area contributed by atoms with Crippen LogP contribution in [0.5, 0.6) is 5.75 Å². The van der Waals surface area contributed by atoms with Gasteiger partial charge < -0.3 is 21.5 Å². The summed E-state index contributed by atoms with van der Waals surface area (Å²) in [6.07, 6.45) is 2.58. The van der Waals surface area contributed by atoms with Gasteiger partial charge in [0, 0.05) is 29.7 Å². The number of methoxy groups -OCH3 is 1. The molecule has 1 atom stereocenters. The molecule has 0 saturated heterocycles. The van der Waals surface area contributed by atoms with E-state index in [9.17, 15) is 0 Å². The van der Waals surface area contributed by atoms with Gasteiger partial charge in [0.1, 0.15) is 5.75 Å². The maximum Gasteiger partial charge on any atom is 0.118 e. The van der Waals surface area contributed by atoms with Crippen molar-refractivity contribution >= 4 is 28.9 Å². The highest BCUT2D eigenvalue weighted by Crippen LogP contribution is 2.27. The van der Waals surface area contributed by atoms with Gasteiger partial charge in [-0.05, 0) is 42.0 Å². The quantitative estimate of drug-likeness (QED) is 0.696. The lowest BCUT2D eigenvalue weighted by Crippen LogP contribution is -2.28. The minimum Gasteiger partial charge on any atom is -0.497 e. The van der Waals surface area contributed by atoms with Gasteiger partial charge in [-0.25, -0.2) is 0 Å². The Labute approximate surface area is 152 Å². The van der Waals surface area contributed by atoms with Crippen LogP contribution in [0.2, 0.25) is 10.0 Å². The topological polar surface area (TPSA) is 73.3 Å². The third kappa shape index (κ3) is 5.42. The van der Waals surface area contributed by atoms with Crippen LogP contribution in [0.1, 0.15) is 5.56 Å². The van der Waals surface area contributed by atoms with E-state index in [1.807, 2.05) is 36.4 Å². The van der Waals surface area contributed by atoms with E-state index in [1.165, 1.54) is 0 Å².